The minimum Gasteiger partial charge on any atom is -0.379 e. The van der Waals surface area contributed by atoms with Gasteiger partial charge >= 0.3 is 0 Å². The molecule has 0 aliphatic carbocycles. The number of morpholine rings is 1. The van der Waals surface area contributed by atoms with Crippen molar-refractivity contribution >= 4 is 17.3 Å². The molecular formula is C20H28N4OS. The van der Waals surface area contributed by atoms with Crippen LogP contribution in [0.4, 0.5) is 0 Å². The molecule has 0 radical (unpaired) electrons. The van der Waals surface area contributed by atoms with Crippen molar-refractivity contribution in [2.75, 3.05) is 39.9 Å². The summed E-state index contributed by atoms with van der Waals surface area (Å²) in [5.74, 6) is 0.850. The second kappa shape index (κ2) is 10.3. The number of thiophene rings is 1. The molecule has 1 fully saturated rings. The Balaban J connectivity index is 1.49. The molecule has 0 saturated carbocycles. The van der Waals surface area contributed by atoms with E-state index in [1.807, 2.05) is 7.05 Å². The van der Waals surface area contributed by atoms with E-state index in [-0.39, 0.29) is 0 Å². The lowest BCUT2D eigenvalue weighted by atomic mass is 10.1. The highest BCUT2D eigenvalue weighted by Gasteiger charge is 2.12. The van der Waals surface area contributed by atoms with Gasteiger partial charge in [0.25, 0.3) is 0 Å². The molecule has 1 aliphatic rings. The molecule has 0 spiro atoms. The summed E-state index contributed by atoms with van der Waals surface area (Å²) in [7, 11) is 1.82. The van der Waals surface area contributed by atoms with E-state index in [0.29, 0.717) is 0 Å². The standard InChI is InChI=1S/C20H28N4OS/c1-21-20(22-9-8-19-7-4-14-26-19)23-15-17-5-2-3-6-18(17)16-24-10-12-25-13-11-24/h2-7,14H,8-13,15-16H2,1H3,(H2,21,22,23). The molecular weight excluding hydrogens is 344 g/mol. The van der Waals surface area contributed by atoms with Crippen molar-refractivity contribution < 1.29 is 4.74 Å². The first-order valence-corrected chi connectivity index (χ1v) is 10.1. The second-order valence-electron chi connectivity index (χ2n) is 6.34. The molecule has 1 saturated heterocycles. The Morgan fingerprint density at radius 2 is 1.92 bits per heavy atom. The third-order valence-corrected chi connectivity index (χ3v) is 5.47. The van der Waals surface area contributed by atoms with Crippen LogP contribution in [0.15, 0.2) is 46.8 Å². The molecule has 0 atom stereocenters. The lowest BCUT2D eigenvalue weighted by molar-refractivity contribution is 0.0341. The Hall–Kier alpha value is -1.89. The molecule has 5 nitrogen and oxygen atoms in total. The number of hydrogen-bond acceptors (Lipinski definition) is 4. The van der Waals surface area contributed by atoms with Crippen molar-refractivity contribution in [3.63, 3.8) is 0 Å². The van der Waals surface area contributed by atoms with Gasteiger partial charge in [0.05, 0.1) is 13.2 Å². The highest BCUT2D eigenvalue weighted by Crippen LogP contribution is 2.13. The number of benzene rings is 1. The van der Waals surface area contributed by atoms with Crippen molar-refractivity contribution in [3.05, 3.63) is 57.8 Å². The first-order valence-electron chi connectivity index (χ1n) is 9.19. The first kappa shape index (κ1) is 18.9. The highest BCUT2D eigenvalue weighted by atomic mass is 32.1. The molecule has 0 unspecified atom stereocenters. The van der Waals surface area contributed by atoms with Gasteiger partial charge in [-0.2, -0.15) is 0 Å². The van der Waals surface area contributed by atoms with Gasteiger partial charge in [0.15, 0.2) is 5.96 Å². The summed E-state index contributed by atoms with van der Waals surface area (Å²) in [4.78, 5) is 8.19. The Labute approximate surface area is 160 Å². The summed E-state index contributed by atoms with van der Waals surface area (Å²) in [5.41, 5.74) is 2.69. The van der Waals surface area contributed by atoms with Gasteiger partial charge in [0.2, 0.25) is 0 Å². The fraction of sp³-hybridized carbons (Fsp3) is 0.450. The monoisotopic (exact) mass is 372 g/mol. The summed E-state index contributed by atoms with van der Waals surface area (Å²) in [6.07, 6.45) is 1.02. The van der Waals surface area contributed by atoms with E-state index in [2.05, 4.69) is 62.3 Å². The lowest BCUT2D eigenvalue weighted by Crippen LogP contribution is -2.38. The van der Waals surface area contributed by atoms with Gasteiger partial charge in [-0.05, 0) is 29.0 Å². The van der Waals surface area contributed by atoms with Crippen LogP contribution in [0.1, 0.15) is 16.0 Å². The molecule has 2 N–H and O–H groups in total. The van der Waals surface area contributed by atoms with Crippen molar-refractivity contribution in [1.82, 2.24) is 15.5 Å². The quantitative estimate of drug-likeness (QED) is 0.579. The number of guanidine groups is 1. The lowest BCUT2D eigenvalue weighted by Gasteiger charge is -2.27. The van der Waals surface area contributed by atoms with Gasteiger partial charge < -0.3 is 15.4 Å². The van der Waals surface area contributed by atoms with Gasteiger partial charge in [-0.1, -0.05) is 30.3 Å². The molecule has 26 heavy (non-hydrogen) atoms. The molecule has 140 valence electrons. The smallest absolute Gasteiger partial charge is 0.191 e. The molecule has 2 heterocycles. The maximum absolute atomic E-state index is 5.45. The van der Waals surface area contributed by atoms with Crippen molar-refractivity contribution in [2.24, 2.45) is 4.99 Å². The largest absolute Gasteiger partial charge is 0.379 e. The van der Waals surface area contributed by atoms with Crippen LogP contribution in [0, 0.1) is 0 Å². The van der Waals surface area contributed by atoms with E-state index in [0.717, 1.165) is 58.3 Å². The molecule has 1 aromatic carbocycles. The van der Waals surface area contributed by atoms with E-state index < -0.39 is 0 Å². The van der Waals surface area contributed by atoms with Crippen LogP contribution in [0.3, 0.4) is 0 Å². The highest BCUT2D eigenvalue weighted by molar-refractivity contribution is 7.09. The fourth-order valence-electron chi connectivity index (χ4n) is 3.04. The Morgan fingerprint density at radius 1 is 1.12 bits per heavy atom. The number of nitrogens with one attached hydrogen (secondary N) is 2. The fourth-order valence-corrected chi connectivity index (χ4v) is 3.75. The van der Waals surface area contributed by atoms with Crippen LogP contribution in [0.5, 0.6) is 0 Å². The summed E-state index contributed by atoms with van der Waals surface area (Å²) < 4.78 is 5.45. The molecule has 3 rings (SSSR count). The number of rotatable bonds is 7. The van der Waals surface area contributed by atoms with Crippen LogP contribution in [-0.2, 0) is 24.2 Å². The van der Waals surface area contributed by atoms with Gasteiger partial charge in [-0.25, -0.2) is 0 Å². The second-order valence-corrected chi connectivity index (χ2v) is 7.37. The molecule has 0 amide bonds. The maximum atomic E-state index is 5.45. The summed E-state index contributed by atoms with van der Waals surface area (Å²) >= 11 is 1.80. The Morgan fingerprint density at radius 3 is 2.65 bits per heavy atom. The first-order chi connectivity index (χ1) is 12.8. The average molecular weight is 373 g/mol. The van der Waals surface area contributed by atoms with Crippen LogP contribution in [-0.4, -0.2) is 50.8 Å². The van der Waals surface area contributed by atoms with E-state index in [4.69, 9.17) is 4.74 Å². The van der Waals surface area contributed by atoms with Gasteiger partial charge in [-0.3, -0.25) is 9.89 Å². The molecule has 6 heteroatoms. The van der Waals surface area contributed by atoms with Crippen molar-refractivity contribution in [1.29, 1.82) is 0 Å². The van der Waals surface area contributed by atoms with Gasteiger partial charge in [0, 0.05) is 44.6 Å². The predicted molar refractivity (Wildman–Crippen MR) is 109 cm³/mol. The van der Waals surface area contributed by atoms with E-state index in [9.17, 15) is 0 Å². The van der Waals surface area contributed by atoms with E-state index in [1.165, 1.54) is 16.0 Å². The zero-order valence-electron chi connectivity index (χ0n) is 15.4. The minimum absolute atomic E-state index is 0.777. The Bertz CT molecular complexity index is 681. The Kier molecular flexibility index (Phi) is 7.49. The SMILES string of the molecule is CN=C(NCCc1cccs1)NCc1ccccc1CN1CCOCC1. The van der Waals surface area contributed by atoms with Crippen LogP contribution in [0.25, 0.3) is 0 Å². The summed E-state index contributed by atoms with van der Waals surface area (Å²) in [6, 6.07) is 12.9. The zero-order chi connectivity index (χ0) is 18.0. The summed E-state index contributed by atoms with van der Waals surface area (Å²) in [5, 5.41) is 8.96. The average Bonchev–Trinajstić information content (AvgIpc) is 3.20. The molecule has 1 aliphatic heterocycles. The number of nitrogens with zero attached hydrogens (tertiary/aromatic N) is 2. The van der Waals surface area contributed by atoms with Gasteiger partial charge in [-0.15, -0.1) is 11.3 Å². The maximum Gasteiger partial charge on any atom is 0.191 e. The molecule has 2 aromatic rings. The van der Waals surface area contributed by atoms with Crippen LogP contribution in [0.2, 0.25) is 0 Å². The van der Waals surface area contributed by atoms with Crippen LogP contribution >= 0.6 is 11.3 Å². The van der Waals surface area contributed by atoms with Crippen molar-refractivity contribution in [3.8, 4) is 0 Å². The number of ether oxygens (including phenoxy) is 1. The third-order valence-electron chi connectivity index (χ3n) is 4.53. The number of aliphatic imine (C=N–C) groups is 1. The van der Waals surface area contributed by atoms with E-state index in [1.54, 1.807) is 11.3 Å². The minimum atomic E-state index is 0.777. The normalized spacial score (nSPS) is 15.8. The molecule has 1 aromatic heterocycles. The van der Waals surface area contributed by atoms with E-state index >= 15 is 0 Å². The van der Waals surface area contributed by atoms with Crippen LogP contribution < -0.4 is 10.6 Å². The third kappa shape index (κ3) is 5.83. The topological polar surface area (TPSA) is 48.9 Å². The number of hydrogen-bond donors (Lipinski definition) is 2. The zero-order valence-corrected chi connectivity index (χ0v) is 16.2. The predicted octanol–water partition coefficient (Wildman–Crippen LogP) is 2.49. The van der Waals surface area contributed by atoms with Crippen molar-refractivity contribution in [2.45, 2.75) is 19.5 Å². The molecule has 0 bridgehead atoms. The van der Waals surface area contributed by atoms with Gasteiger partial charge in [0.1, 0.15) is 0 Å². The summed E-state index contributed by atoms with van der Waals surface area (Å²) in [6.45, 7) is 6.32.